The SMILES string of the molecule is COCCOCOc1ccc(C=CC(=O)N2CCSC2=S)cc1OCOCCOC. The molecule has 0 aliphatic carbocycles. The summed E-state index contributed by atoms with van der Waals surface area (Å²) in [6.07, 6.45) is 3.21. The van der Waals surface area contributed by atoms with Crippen molar-refractivity contribution in [3.8, 4) is 11.5 Å². The fraction of sp³-hybridized carbons (Fsp3) is 0.500. The van der Waals surface area contributed by atoms with Gasteiger partial charge >= 0.3 is 0 Å². The molecule has 0 atom stereocenters. The third-order valence-corrected chi connectivity index (χ3v) is 5.30. The largest absolute Gasteiger partial charge is 0.464 e. The number of hydrogen-bond donors (Lipinski definition) is 0. The summed E-state index contributed by atoms with van der Waals surface area (Å²) in [5.41, 5.74) is 0.778. The highest BCUT2D eigenvalue weighted by molar-refractivity contribution is 8.23. The lowest BCUT2D eigenvalue weighted by atomic mass is 10.2. The van der Waals surface area contributed by atoms with Crippen LogP contribution in [0.4, 0.5) is 0 Å². The molecule has 1 fully saturated rings. The lowest BCUT2D eigenvalue weighted by molar-refractivity contribution is -0.121. The van der Waals surface area contributed by atoms with E-state index in [1.165, 1.54) is 17.8 Å². The minimum absolute atomic E-state index is 0.0373. The lowest BCUT2D eigenvalue weighted by Gasteiger charge is -2.14. The molecule has 0 spiro atoms. The number of amides is 1. The fourth-order valence-corrected chi connectivity index (χ4v) is 3.54. The maximum absolute atomic E-state index is 12.3. The van der Waals surface area contributed by atoms with E-state index in [4.69, 9.17) is 40.6 Å². The number of thiocarbonyl (C=S) groups is 1. The molecule has 1 aliphatic rings. The number of thioether (sulfide) groups is 1. The van der Waals surface area contributed by atoms with E-state index in [2.05, 4.69) is 0 Å². The van der Waals surface area contributed by atoms with Crippen molar-refractivity contribution >= 4 is 40.3 Å². The third kappa shape index (κ3) is 8.58. The monoisotopic (exact) mass is 457 g/mol. The van der Waals surface area contributed by atoms with Crippen LogP contribution < -0.4 is 9.47 Å². The second-order valence-electron chi connectivity index (χ2n) is 5.97. The topological polar surface area (TPSA) is 75.7 Å². The summed E-state index contributed by atoms with van der Waals surface area (Å²) in [6, 6.07) is 5.35. The molecular weight excluding hydrogens is 430 g/mol. The van der Waals surface area contributed by atoms with Crippen LogP contribution in [0.25, 0.3) is 6.08 Å². The van der Waals surface area contributed by atoms with E-state index in [-0.39, 0.29) is 19.5 Å². The van der Waals surface area contributed by atoms with Gasteiger partial charge in [0.25, 0.3) is 5.91 Å². The van der Waals surface area contributed by atoms with Crippen molar-refractivity contribution in [1.82, 2.24) is 4.90 Å². The first-order valence-corrected chi connectivity index (χ1v) is 10.7. The Morgan fingerprint density at radius 3 is 2.33 bits per heavy atom. The Morgan fingerprint density at radius 1 is 1.07 bits per heavy atom. The van der Waals surface area contributed by atoms with Gasteiger partial charge in [-0.25, -0.2) is 0 Å². The second kappa shape index (κ2) is 14.3. The first-order chi connectivity index (χ1) is 14.7. The van der Waals surface area contributed by atoms with Crippen LogP contribution in [0.15, 0.2) is 24.3 Å². The smallest absolute Gasteiger partial charge is 0.252 e. The van der Waals surface area contributed by atoms with Gasteiger partial charge in [0.15, 0.2) is 25.1 Å². The van der Waals surface area contributed by atoms with E-state index in [1.54, 1.807) is 37.3 Å². The minimum Gasteiger partial charge on any atom is -0.464 e. The molecule has 0 unspecified atom stereocenters. The molecule has 0 bridgehead atoms. The van der Waals surface area contributed by atoms with Gasteiger partial charge in [-0.1, -0.05) is 30.0 Å². The van der Waals surface area contributed by atoms with Crippen LogP contribution in [0, 0.1) is 0 Å². The van der Waals surface area contributed by atoms with Crippen molar-refractivity contribution < 1.29 is 33.2 Å². The van der Waals surface area contributed by atoms with E-state index in [1.807, 2.05) is 6.07 Å². The maximum Gasteiger partial charge on any atom is 0.252 e. The Labute approximate surface area is 186 Å². The first-order valence-electron chi connectivity index (χ1n) is 9.35. The van der Waals surface area contributed by atoms with Crippen LogP contribution in [0.2, 0.25) is 0 Å². The number of nitrogens with zero attached hydrogens (tertiary/aromatic N) is 1. The zero-order valence-corrected chi connectivity index (χ0v) is 18.8. The van der Waals surface area contributed by atoms with Gasteiger partial charge in [0, 0.05) is 32.6 Å². The Kier molecular flexibility index (Phi) is 11.7. The molecule has 8 nitrogen and oxygen atoms in total. The zero-order chi connectivity index (χ0) is 21.6. The Bertz CT molecular complexity index is 714. The van der Waals surface area contributed by atoms with E-state index in [0.29, 0.717) is 48.8 Å². The Morgan fingerprint density at radius 2 is 1.73 bits per heavy atom. The molecule has 10 heteroatoms. The maximum atomic E-state index is 12.3. The summed E-state index contributed by atoms with van der Waals surface area (Å²) in [5.74, 6) is 1.67. The van der Waals surface area contributed by atoms with Gasteiger partial charge in [-0.05, 0) is 23.8 Å². The molecule has 1 aliphatic heterocycles. The van der Waals surface area contributed by atoms with Crippen LogP contribution in [-0.2, 0) is 23.7 Å². The van der Waals surface area contributed by atoms with Crippen molar-refractivity contribution in [3.05, 3.63) is 29.8 Å². The summed E-state index contributed by atoms with van der Waals surface area (Å²) in [6.45, 7) is 2.52. The van der Waals surface area contributed by atoms with Crippen LogP contribution in [0.1, 0.15) is 5.56 Å². The van der Waals surface area contributed by atoms with Crippen LogP contribution in [0.3, 0.4) is 0 Å². The van der Waals surface area contributed by atoms with E-state index < -0.39 is 0 Å². The summed E-state index contributed by atoms with van der Waals surface area (Å²) < 4.78 is 32.5. The Balaban J connectivity index is 1.99. The lowest BCUT2D eigenvalue weighted by Crippen LogP contribution is -2.28. The quantitative estimate of drug-likeness (QED) is 0.181. The highest BCUT2D eigenvalue weighted by atomic mass is 32.2. The predicted octanol–water partition coefficient (Wildman–Crippen LogP) is 2.56. The molecule has 0 N–H and O–H groups in total. The summed E-state index contributed by atoms with van der Waals surface area (Å²) in [7, 11) is 3.21. The number of rotatable bonds is 14. The average molecular weight is 458 g/mol. The van der Waals surface area contributed by atoms with Gasteiger partial charge in [0.2, 0.25) is 0 Å². The molecule has 1 aromatic rings. The molecule has 1 saturated heterocycles. The van der Waals surface area contributed by atoms with E-state index >= 15 is 0 Å². The van der Waals surface area contributed by atoms with Crippen LogP contribution >= 0.6 is 24.0 Å². The van der Waals surface area contributed by atoms with E-state index in [9.17, 15) is 4.79 Å². The molecule has 30 heavy (non-hydrogen) atoms. The zero-order valence-electron chi connectivity index (χ0n) is 17.2. The third-order valence-electron chi connectivity index (χ3n) is 3.87. The molecule has 1 aromatic carbocycles. The number of benzene rings is 1. The number of hydrogen-bond acceptors (Lipinski definition) is 9. The fourth-order valence-electron chi connectivity index (χ4n) is 2.32. The number of ether oxygens (including phenoxy) is 6. The van der Waals surface area contributed by atoms with Crippen molar-refractivity contribution in [2.24, 2.45) is 0 Å². The molecule has 0 saturated carbocycles. The average Bonchev–Trinajstić information content (AvgIpc) is 3.18. The number of methoxy groups -OCH3 is 2. The number of carbonyl (C=O) groups excluding carboxylic acids is 1. The molecule has 0 aromatic heterocycles. The molecule has 0 radical (unpaired) electrons. The van der Waals surface area contributed by atoms with Gasteiger partial charge in [0.05, 0.1) is 26.4 Å². The first kappa shape index (κ1) is 24.6. The van der Waals surface area contributed by atoms with Crippen LogP contribution in [0.5, 0.6) is 11.5 Å². The van der Waals surface area contributed by atoms with Crippen LogP contribution in [-0.4, -0.2) is 81.7 Å². The van der Waals surface area contributed by atoms with Gasteiger partial charge in [-0.2, -0.15) is 0 Å². The van der Waals surface area contributed by atoms with Gasteiger partial charge in [0.1, 0.15) is 4.32 Å². The molecule has 1 amide bonds. The molecule has 166 valence electrons. The van der Waals surface area contributed by atoms with Gasteiger partial charge in [-0.3, -0.25) is 9.69 Å². The number of carbonyl (C=O) groups is 1. The predicted molar refractivity (Wildman–Crippen MR) is 119 cm³/mol. The second-order valence-corrected chi connectivity index (χ2v) is 7.70. The van der Waals surface area contributed by atoms with E-state index in [0.717, 1.165) is 11.3 Å². The minimum atomic E-state index is -0.137. The normalized spacial score (nSPS) is 13.9. The summed E-state index contributed by atoms with van der Waals surface area (Å²) in [5, 5.41) is 0. The Hall–Kier alpha value is -1.69. The van der Waals surface area contributed by atoms with Crippen molar-refractivity contribution in [2.75, 3.05) is 66.5 Å². The van der Waals surface area contributed by atoms with Crippen molar-refractivity contribution in [3.63, 3.8) is 0 Å². The van der Waals surface area contributed by atoms with Crippen molar-refractivity contribution in [2.45, 2.75) is 0 Å². The summed E-state index contributed by atoms with van der Waals surface area (Å²) in [4.78, 5) is 13.9. The van der Waals surface area contributed by atoms with Gasteiger partial charge in [-0.15, -0.1) is 0 Å². The molecular formula is C20H27NO7S2. The van der Waals surface area contributed by atoms with Gasteiger partial charge < -0.3 is 28.4 Å². The highest BCUT2D eigenvalue weighted by Crippen LogP contribution is 2.29. The summed E-state index contributed by atoms with van der Waals surface area (Å²) >= 11 is 6.70. The molecule has 1 heterocycles. The standard InChI is InChI=1S/C20H27NO7S2/c1-23-8-10-25-14-27-17-5-3-16(13-18(17)28-15-26-11-9-24-2)4-6-19(22)21-7-12-30-20(21)29/h3-6,13H,7-12,14-15H2,1-2H3. The highest BCUT2D eigenvalue weighted by Gasteiger charge is 2.22. The molecule has 2 rings (SSSR count). The van der Waals surface area contributed by atoms with Crippen molar-refractivity contribution in [1.29, 1.82) is 0 Å².